The van der Waals surface area contributed by atoms with Crippen molar-refractivity contribution >= 4 is 23.7 Å². The summed E-state index contributed by atoms with van der Waals surface area (Å²) in [5.41, 5.74) is 0.555. The van der Waals surface area contributed by atoms with Gasteiger partial charge in [-0.05, 0) is 19.3 Å². The predicted octanol–water partition coefficient (Wildman–Crippen LogP) is 2.30. The second-order valence-electron chi connectivity index (χ2n) is 6.88. The third-order valence-electron chi connectivity index (χ3n) is 4.35. The molecule has 1 rings (SSSR count). The summed E-state index contributed by atoms with van der Waals surface area (Å²) in [7, 11) is 0. The number of nitrogens with zero attached hydrogens (tertiary/aromatic N) is 2. The lowest BCUT2D eigenvalue weighted by atomic mass is 10.1. The Morgan fingerprint density at radius 3 is 2.30 bits per heavy atom. The van der Waals surface area contributed by atoms with Crippen LogP contribution in [-0.4, -0.2) is 39.1 Å². The third-order valence-corrected chi connectivity index (χ3v) is 4.35. The summed E-state index contributed by atoms with van der Waals surface area (Å²) in [6.45, 7) is 2.44. The van der Waals surface area contributed by atoms with E-state index >= 15 is 0 Å². The maximum atomic E-state index is 14.2. The highest BCUT2D eigenvalue weighted by Gasteiger charge is 2.15. The van der Waals surface area contributed by atoms with Gasteiger partial charge in [0.05, 0.1) is 6.20 Å². The van der Waals surface area contributed by atoms with E-state index in [0.717, 1.165) is 25.7 Å². The van der Waals surface area contributed by atoms with Gasteiger partial charge in [0.25, 0.3) is 0 Å². The van der Waals surface area contributed by atoms with Gasteiger partial charge in [0.1, 0.15) is 0 Å². The van der Waals surface area contributed by atoms with Crippen LogP contribution in [0.15, 0.2) is 11.0 Å². The molecule has 1 aromatic rings. The van der Waals surface area contributed by atoms with Crippen molar-refractivity contribution in [1.82, 2.24) is 20.3 Å². The molecule has 10 nitrogen and oxygen atoms in total. The highest BCUT2D eigenvalue weighted by atomic mass is 19.1. The smallest absolute Gasteiger partial charge is 0.337 e. The molecule has 3 amide bonds. The zero-order valence-corrected chi connectivity index (χ0v) is 17.2. The van der Waals surface area contributed by atoms with Crippen LogP contribution in [0.1, 0.15) is 71.1 Å². The zero-order valence-electron chi connectivity index (χ0n) is 17.2. The first-order valence-corrected chi connectivity index (χ1v) is 10.2. The Morgan fingerprint density at radius 2 is 1.67 bits per heavy atom. The van der Waals surface area contributed by atoms with Gasteiger partial charge in [-0.15, -0.1) is 0 Å². The average Bonchev–Trinajstić information content (AvgIpc) is 2.72. The fourth-order valence-corrected chi connectivity index (χ4v) is 2.67. The van der Waals surface area contributed by atoms with Gasteiger partial charge in [-0.1, -0.05) is 39.0 Å². The molecule has 1 heterocycles. The fraction of sp³-hybridized carbons (Fsp3) is 0.632. The summed E-state index contributed by atoms with van der Waals surface area (Å²) in [4.78, 5) is 50.2. The van der Waals surface area contributed by atoms with Gasteiger partial charge in [0, 0.05) is 19.4 Å². The van der Waals surface area contributed by atoms with Crippen molar-refractivity contribution in [3.05, 3.63) is 22.5 Å². The highest BCUT2D eigenvalue weighted by Crippen LogP contribution is 2.10. The standard InChI is InChI=1S/C19H30FN5O5/c1-2-3-4-9-12-21-18(28)25-13-14(20)17(23-19(25)29)22-15(26)10-7-5-6-8-11-16(27)24-30/h13,30H,2-12H2,1H3,(H,21,28)(H,24,27)(H,22,23,26,29). The lowest BCUT2D eigenvalue weighted by Gasteiger charge is -2.09. The molecule has 0 saturated carbocycles. The second kappa shape index (κ2) is 14.2. The molecule has 0 bridgehead atoms. The summed E-state index contributed by atoms with van der Waals surface area (Å²) in [6.07, 6.45) is 7.23. The first-order valence-electron chi connectivity index (χ1n) is 10.2. The number of halogens is 1. The van der Waals surface area contributed by atoms with Crippen molar-refractivity contribution in [1.29, 1.82) is 0 Å². The molecule has 30 heavy (non-hydrogen) atoms. The first-order chi connectivity index (χ1) is 14.4. The molecular weight excluding hydrogens is 397 g/mol. The minimum absolute atomic E-state index is 0.0919. The van der Waals surface area contributed by atoms with E-state index in [2.05, 4.69) is 22.5 Å². The topological polar surface area (TPSA) is 142 Å². The van der Waals surface area contributed by atoms with Crippen LogP contribution in [-0.2, 0) is 9.59 Å². The van der Waals surface area contributed by atoms with Crippen LogP contribution < -0.4 is 21.8 Å². The van der Waals surface area contributed by atoms with Gasteiger partial charge < -0.3 is 10.6 Å². The minimum atomic E-state index is -0.987. The molecule has 0 spiro atoms. The number of unbranched alkanes of at least 4 members (excludes halogenated alkanes) is 6. The number of carbonyl (C=O) groups excluding carboxylic acids is 3. The summed E-state index contributed by atoms with van der Waals surface area (Å²) in [5, 5.41) is 13.1. The molecule has 0 aliphatic rings. The first kappa shape index (κ1) is 25.2. The van der Waals surface area contributed by atoms with E-state index in [4.69, 9.17) is 5.21 Å². The van der Waals surface area contributed by atoms with Crippen molar-refractivity contribution in [2.45, 2.75) is 71.1 Å². The third kappa shape index (κ3) is 9.59. The van der Waals surface area contributed by atoms with Crippen molar-refractivity contribution in [3.63, 3.8) is 0 Å². The summed E-state index contributed by atoms with van der Waals surface area (Å²) >= 11 is 0. The maximum Gasteiger partial charge on any atom is 0.358 e. The van der Waals surface area contributed by atoms with E-state index in [-0.39, 0.29) is 12.8 Å². The molecule has 0 unspecified atom stereocenters. The predicted molar refractivity (Wildman–Crippen MR) is 108 cm³/mol. The number of aromatic nitrogens is 2. The van der Waals surface area contributed by atoms with Crippen molar-refractivity contribution < 1.29 is 24.0 Å². The van der Waals surface area contributed by atoms with Crippen LogP contribution in [0.4, 0.5) is 15.0 Å². The van der Waals surface area contributed by atoms with Gasteiger partial charge in [-0.2, -0.15) is 4.98 Å². The SMILES string of the molecule is CCCCCCNC(=O)n1cc(F)c(NC(=O)CCCCCCC(=O)NO)nc1=O. The van der Waals surface area contributed by atoms with Crippen molar-refractivity contribution in [3.8, 4) is 0 Å². The van der Waals surface area contributed by atoms with E-state index in [1.165, 1.54) is 0 Å². The van der Waals surface area contributed by atoms with E-state index in [0.29, 0.717) is 43.0 Å². The normalized spacial score (nSPS) is 10.5. The molecule has 0 atom stereocenters. The van der Waals surface area contributed by atoms with E-state index in [1.807, 2.05) is 0 Å². The number of hydroxylamine groups is 1. The number of amides is 3. The number of hydrogen-bond donors (Lipinski definition) is 4. The number of carbonyl (C=O) groups is 3. The summed E-state index contributed by atoms with van der Waals surface area (Å²) in [6, 6.07) is -0.768. The maximum absolute atomic E-state index is 14.2. The molecule has 4 N–H and O–H groups in total. The van der Waals surface area contributed by atoms with Crippen LogP contribution in [0, 0.1) is 5.82 Å². The summed E-state index contributed by atoms with van der Waals surface area (Å²) < 4.78 is 14.7. The zero-order chi connectivity index (χ0) is 22.4. The van der Waals surface area contributed by atoms with Crippen LogP contribution in [0.3, 0.4) is 0 Å². The fourth-order valence-electron chi connectivity index (χ4n) is 2.67. The lowest BCUT2D eigenvalue weighted by Crippen LogP contribution is -2.38. The molecule has 0 radical (unpaired) electrons. The average molecular weight is 427 g/mol. The lowest BCUT2D eigenvalue weighted by molar-refractivity contribution is -0.129. The number of nitrogens with one attached hydrogen (secondary N) is 3. The van der Waals surface area contributed by atoms with Gasteiger partial charge in [0.2, 0.25) is 11.8 Å². The Hall–Kier alpha value is -2.82. The van der Waals surface area contributed by atoms with Crippen LogP contribution in [0.25, 0.3) is 0 Å². The summed E-state index contributed by atoms with van der Waals surface area (Å²) in [5.74, 6) is -2.48. The Bertz CT molecular complexity index is 768. The Balaban J connectivity index is 2.45. The number of anilines is 1. The van der Waals surface area contributed by atoms with Crippen molar-refractivity contribution in [2.75, 3.05) is 11.9 Å². The molecule has 0 aromatic carbocycles. The quantitative estimate of drug-likeness (QED) is 0.216. The van der Waals surface area contributed by atoms with Gasteiger partial charge >= 0.3 is 11.7 Å². The monoisotopic (exact) mass is 427 g/mol. The Morgan fingerprint density at radius 1 is 1.03 bits per heavy atom. The van der Waals surface area contributed by atoms with Gasteiger partial charge in [-0.25, -0.2) is 24.0 Å². The van der Waals surface area contributed by atoms with Crippen molar-refractivity contribution in [2.24, 2.45) is 0 Å². The minimum Gasteiger partial charge on any atom is -0.337 e. The molecule has 0 aliphatic carbocycles. The number of hydrogen-bond acceptors (Lipinski definition) is 6. The number of rotatable bonds is 13. The molecule has 0 fully saturated rings. The largest absolute Gasteiger partial charge is 0.358 e. The second-order valence-corrected chi connectivity index (χ2v) is 6.88. The highest BCUT2D eigenvalue weighted by molar-refractivity contribution is 5.89. The van der Waals surface area contributed by atoms with Gasteiger partial charge in [0.15, 0.2) is 11.6 Å². The Labute approximate surface area is 174 Å². The molecule has 0 saturated heterocycles. The van der Waals surface area contributed by atoms with E-state index in [9.17, 15) is 23.6 Å². The van der Waals surface area contributed by atoms with Crippen LogP contribution in [0.2, 0.25) is 0 Å². The van der Waals surface area contributed by atoms with Crippen LogP contribution >= 0.6 is 0 Å². The molecule has 0 aliphatic heterocycles. The van der Waals surface area contributed by atoms with E-state index < -0.39 is 35.2 Å². The molecule has 11 heteroatoms. The van der Waals surface area contributed by atoms with Gasteiger partial charge in [-0.3, -0.25) is 14.8 Å². The Kier molecular flexibility index (Phi) is 11.9. The van der Waals surface area contributed by atoms with E-state index in [1.54, 1.807) is 5.48 Å². The molecule has 1 aromatic heterocycles. The van der Waals surface area contributed by atoms with Crippen LogP contribution in [0.5, 0.6) is 0 Å². The molecule has 168 valence electrons. The molecular formula is C19H30FN5O5.